The quantitative estimate of drug-likeness (QED) is 0.874. The summed E-state index contributed by atoms with van der Waals surface area (Å²) in [6, 6.07) is 6.11. The maximum absolute atomic E-state index is 6.24. The molecule has 1 saturated carbocycles. The molecular weight excluding hydrogens is 300 g/mol. The fraction of sp³-hybridized carbons (Fsp3) is 0.538. The van der Waals surface area contributed by atoms with Gasteiger partial charge in [-0.25, -0.2) is 0 Å². The Kier molecular flexibility index (Phi) is 4.47. The van der Waals surface area contributed by atoms with Crippen molar-refractivity contribution in [3.63, 3.8) is 0 Å². The molecule has 1 aliphatic rings. The summed E-state index contributed by atoms with van der Waals surface area (Å²) in [5.41, 5.74) is 6.91. The highest BCUT2D eigenvalue weighted by Gasteiger charge is 2.32. The molecule has 3 atom stereocenters. The Hall–Kier alpha value is -0.0900. The monoisotopic (exact) mass is 316 g/mol. The minimum atomic E-state index is 0.156. The van der Waals surface area contributed by atoms with Gasteiger partial charge in [-0.2, -0.15) is 0 Å². The molecule has 2 rings (SSSR count). The van der Waals surface area contributed by atoms with E-state index in [4.69, 9.17) is 17.3 Å². The summed E-state index contributed by atoms with van der Waals surface area (Å²) in [6.45, 7) is 3.90. The molecule has 0 aromatic heterocycles. The van der Waals surface area contributed by atoms with E-state index < -0.39 is 0 Å². The molecule has 3 N–H and O–H groups in total. The first-order valence-electron chi connectivity index (χ1n) is 6.00. The van der Waals surface area contributed by atoms with Crippen LogP contribution in [0.2, 0.25) is 5.02 Å². The highest BCUT2D eigenvalue weighted by atomic mass is 79.9. The standard InChI is InChI=1S/C13H18BrClN2/c1-8-4-9(8)7-17-13(6-16)11-3-2-10(14)5-12(11)15/h2-3,5,8-9,13,17H,4,6-7,16H2,1H3. The molecule has 4 heteroatoms. The van der Waals surface area contributed by atoms with Crippen molar-refractivity contribution < 1.29 is 0 Å². The van der Waals surface area contributed by atoms with Crippen molar-refractivity contribution in [2.75, 3.05) is 13.1 Å². The number of nitrogens with one attached hydrogen (secondary N) is 1. The van der Waals surface area contributed by atoms with Gasteiger partial charge in [-0.05, 0) is 42.5 Å². The van der Waals surface area contributed by atoms with Crippen molar-refractivity contribution in [2.24, 2.45) is 17.6 Å². The number of nitrogens with two attached hydrogens (primary N) is 1. The average Bonchev–Trinajstić information content (AvgIpc) is 2.98. The van der Waals surface area contributed by atoms with Gasteiger partial charge in [0.2, 0.25) is 0 Å². The summed E-state index contributed by atoms with van der Waals surface area (Å²) in [5, 5.41) is 4.28. The molecule has 0 spiro atoms. The third kappa shape index (κ3) is 3.44. The lowest BCUT2D eigenvalue weighted by Crippen LogP contribution is -2.30. The van der Waals surface area contributed by atoms with Gasteiger partial charge in [0.15, 0.2) is 0 Å². The minimum absolute atomic E-state index is 0.156. The smallest absolute Gasteiger partial charge is 0.0465 e. The molecular formula is C13H18BrClN2. The summed E-state index contributed by atoms with van der Waals surface area (Å²) >= 11 is 9.65. The Bertz CT molecular complexity index is 397. The molecule has 0 heterocycles. The van der Waals surface area contributed by atoms with Gasteiger partial charge in [-0.1, -0.05) is 40.5 Å². The maximum atomic E-state index is 6.24. The number of hydrogen-bond acceptors (Lipinski definition) is 2. The van der Waals surface area contributed by atoms with Crippen LogP contribution >= 0.6 is 27.5 Å². The second kappa shape index (κ2) is 5.70. The van der Waals surface area contributed by atoms with Crippen molar-refractivity contribution in [3.8, 4) is 0 Å². The Morgan fingerprint density at radius 1 is 1.59 bits per heavy atom. The molecule has 0 amide bonds. The summed E-state index contributed by atoms with van der Waals surface area (Å²) in [7, 11) is 0. The van der Waals surface area contributed by atoms with Gasteiger partial charge in [0.1, 0.15) is 0 Å². The second-order valence-electron chi connectivity index (χ2n) is 4.84. The zero-order chi connectivity index (χ0) is 12.4. The van der Waals surface area contributed by atoms with Gasteiger partial charge in [-0.15, -0.1) is 0 Å². The molecule has 17 heavy (non-hydrogen) atoms. The van der Waals surface area contributed by atoms with E-state index in [9.17, 15) is 0 Å². The van der Waals surface area contributed by atoms with Crippen LogP contribution in [0.4, 0.5) is 0 Å². The number of benzene rings is 1. The highest BCUT2D eigenvalue weighted by molar-refractivity contribution is 9.10. The van der Waals surface area contributed by atoms with Crippen molar-refractivity contribution in [3.05, 3.63) is 33.3 Å². The number of rotatable bonds is 5. The van der Waals surface area contributed by atoms with Crippen molar-refractivity contribution >= 4 is 27.5 Å². The first-order chi connectivity index (χ1) is 8.11. The fourth-order valence-electron chi connectivity index (χ4n) is 2.08. The lowest BCUT2D eigenvalue weighted by atomic mass is 10.1. The van der Waals surface area contributed by atoms with Crippen LogP contribution in [0.25, 0.3) is 0 Å². The Labute approximate surface area is 116 Å². The predicted molar refractivity (Wildman–Crippen MR) is 76.2 cm³/mol. The molecule has 0 bridgehead atoms. The SMILES string of the molecule is CC1CC1CNC(CN)c1ccc(Br)cc1Cl. The molecule has 94 valence electrons. The topological polar surface area (TPSA) is 38.0 Å². The van der Waals surface area contributed by atoms with E-state index in [0.717, 1.165) is 33.4 Å². The van der Waals surface area contributed by atoms with Crippen molar-refractivity contribution in [2.45, 2.75) is 19.4 Å². The summed E-state index contributed by atoms with van der Waals surface area (Å²) in [6.07, 6.45) is 1.33. The lowest BCUT2D eigenvalue weighted by Gasteiger charge is -2.18. The largest absolute Gasteiger partial charge is 0.329 e. The Morgan fingerprint density at radius 2 is 2.29 bits per heavy atom. The van der Waals surface area contributed by atoms with Gasteiger partial charge in [0.05, 0.1) is 0 Å². The van der Waals surface area contributed by atoms with Crippen LogP contribution < -0.4 is 11.1 Å². The van der Waals surface area contributed by atoms with E-state index in [2.05, 4.69) is 28.2 Å². The third-order valence-corrected chi connectivity index (χ3v) is 4.30. The van der Waals surface area contributed by atoms with Crippen LogP contribution in [0, 0.1) is 11.8 Å². The Morgan fingerprint density at radius 3 is 2.82 bits per heavy atom. The number of halogens is 2. The molecule has 1 aromatic rings. The first-order valence-corrected chi connectivity index (χ1v) is 7.17. The average molecular weight is 318 g/mol. The second-order valence-corrected chi connectivity index (χ2v) is 6.16. The van der Waals surface area contributed by atoms with Gasteiger partial charge >= 0.3 is 0 Å². The lowest BCUT2D eigenvalue weighted by molar-refractivity contribution is 0.511. The van der Waals surface area contributed by atoms with E-state index in [1.165, 1.54) is 6.42 Å². The Balaban J connectivity index is 2.00. The fourth-order valence-corrected chi connectivity index (χ4v) is 2.89. The molecule has 1 aromatic carbocycles. The molecule has 1 aliphatic carbocycles. The summed E-state index contributed by atoms with van der Waals surface area (Å²) < 4.78 is 0.998. The van der Waals surface area contributed by atoms with Crippen LogP contribution in [-0.2, 0) is 0 Å². The van der Waals surface area contributed by atoms with Crippen molar-refractivity contribution in [1.82, 2.24) is 5.32 Å². The van der Waals surface area contributed by atoms with E-state index in [0.29, 0.717) is 6.54 Å². The van der Waals surface area contributed by atoms with Gasteiger partial charge in [0.25, 0.3) is 0 Å². The van der Waals surface area contributed by atoms with Gasteiger partial charge in [-0.3, -0.25) is 0 Å². The summed E-state index contributed by atoms with van der Waals surface area (Å²) in [4.78, 5) is 0. The van der Waals surface area contributed by atoms with E-state index in [1.807, 2.05) is 18.2 Å². The van der Waals surface area contributed by atoms with Crippen LogP contribution in [0.3, 0.4) is 0 Å². The van der Waals surface area contributed by atoms with Gasteiger partial charge < -0.3 is 11.1 Å². The van der Waals surface area contributed by atoms with Crippen LogP contribution in [-0.4, -0.2) is 13.1 Å². The van der Waals surface area contributed by atoms with Crippen LogP contribution in [0.15, 0.2) is 22.7 Å². The normalized spacial score (nSPS) is 24.7. The highest BCUT2D eigenvalue weighted by Crippen LogP contribution is 2.37. The molecule has 0 aliphatic heterocycles. The minimum Gasteiger partial charge on any atom is -0.329 e. The third-order valence-electron chi connectivity index (χ3n) is 3.48. The van der Waals surface area contributed by atoms with Gasteiger partial charge in [0, 0.05) is 22.1 Å². The summed E-state index contributed by atoms with van der Waals surface area (Å²) in [5.74, 6) is 1.68. The van der Waals surface area contributed by atoms with E-state index >= 15 is 0 Å². The molecule has 1 fully saturated rings. The first kappa shape index (κ1) is 13.3. The molecule has 0 saturated heterocycles. The molecule has 2 nitrogen and oxygen atoms in total. The zero-order valence-electron chi connectivity index (χ0n) is 9.92. The van der Waals surface area contributed by atoms with Crippen LogP contribution in [0.5, 0.6) is 0 Å². The predicted octanol–water partition coefficient (Wildman–Crippen LogP) is 3.35. The maximum Gasteiger partial charge on any atom is 0.0465 e. The zero-order valence-corrected chi connectivity index (χ0v) is 12.3. The van der Waals surface area contributed by atoms with E-state index in [1.54, 1.807) is 0 Å². The van der Waals surface area contributed by atoms with Crippen LogP contribution in [0.1, 0.15) is 24.9 Å². The molecule has 0 radical (unpaired) electrons. The van der Waals surface area contributed by atoms with E-state index in [-0.39, 0.29) is 6.04 Å². The molecule has 3 unspecified atom stereocenters. The number of hydrogen-bond donors (Lipinski definition) is 2. The van der Waals surface area contributed by atoms with Crippen molar-refractivity contribution in [1.29, 1.82) is 0 Å².